The van der Waals surface area contributed by atoms with Crippen LogP contribution in [0.25, 0.3) is 11.6 Å². The maximum atomic E-state index is 11.8. The molecule has 1 amide bonds. The number of carbonyl (C=O) groups is 1. The fourth-order valence-electron chi connectivity index (χ4n) is 3.44. The van der Waals surface area contributed by atoms with Crippen molar-refractivity contribution < 1.29 is 14.3 Å². The Morgan fingerprint density at radius 2 is 1.96 bits per heavy atom. The monoisotopic (exact) mass is 509 g/mol. The molecule has 28 heavy (non-hydrogen) atoms. The Hall–Kier alpha value is -2.33. The normalized spacial score (nSPS) is 16.7. The van der Waals surface area contributed by atoms with Crippen molar-refractivity contribution in [2.45, 2.75) is 12.8 Å². The third-order valence-electron chi connectivity index (χ3n) is 4.59. The zero-order valence-corrected chi connectivity index (χ0v) is 18.8. The molecule has 2 aliphatic rings. The van der Waals surface area contributed by atoms with Gasteiger partial charge in [0.05, 0.1) is 24.8 Å². The lowest BCUT2D eigenvalue weighted by Gasteiger charge is -2.24. The first-order valence-corrected chi connectivity index (χ1v) is 9.23. The van der Waals surface area contributed by atoms with Crippen LogP contribution in [-0.4, -0.2) is 25.1 Å². The first kappa shape index (κ1) is 20.4. The lowest BCUT2D eigenvalue weighted by Crippen LogP contribution is -2.25. The molecule has 2 aromatic rings. The fraction of sp³-hybridized carbons (Fsp3) is 0.200. The summed E-state index contributed by atoms with van der Waals surface area (Å²) in [5, 5.41) is 3.51. The number of carbonyl (C=O) groups excluding carboxylic acids is 1. The number of allylic oxidation sites excluding steroid dienone is 4. The summed E-state index contributed by atoms with van der Waals surface area (Å²) in [6, 6.07) is 5.76. The van der Waals surface area contributed by atoms with Gasteiger partial charge in [0.25, 0.3) is 0 Å². The van der Waals surface area contributed by atoms with Gasteiger partial charge < -0.3 is 20.5 Å². The Kier molecular flexibility index (Phi) is 5.80. The van der Waals surface area contributed by atoms with E-state index in [1.807, 2.05) is 24.3 Å². The molecule has 0 aliphatic heterocycles. The predicted molar refractivity (Wildman–Crippen MR) is 122 cm³/mol. The van der Waals surface area contributed by atoms with Gasteiger partial charge in [-0.2, -0.15) is 0 Å². The van der Waals surface area contributed by atoms with Gasteiger partial charge in [0.1, 0.15) is 0 Å². The lowest BCUT2D eigenvalue weighted by atomic mass is 9.86. The van der Waals surface area contributed by atoms with E-state index in [2.05, 4.69) is 22.5 Å². The van der Waals surface area contributed by atoms with Gasteiger partial charge in [-0.15, -0.1) is 24.0 Å². The van der Waals surface area contributed by atoms with Gasteiger partial charge >= 0.3 is 0 Å². The Bertz CT molecular complexity index is 1040. The number of rotatable bonds is 4. The largest absolute Gasteiger partial charge is 0.493 e. The highest BCUT2D eigenvalue weighted by Crippen LogP contribution is 2.46. The second kappa shape index (κ2) is 7.96. The first-order chi connectivity index (χ1) is 13.0. The first-order valence-electron chi connectivity index (χ1n) is 8.42. The fourth-order valence-corrected chi connectivity index (χ4v) is 4.24. The number of ether oxygens (including phenoxy) is 2. The van der Waals surface area contributed by atoms with Crippen molar-refractivity contribution in [2.75, 3.05) is 20.0 Å². The topological polar surface area (TPSA) is 86.5 Å². The van der Waals surface area contributed by atoms with Gasteiger partial charge in [0, 0.05) is 24.1 Å². The summed E-state index contributed by atoms with van der Waals surface area (Å²) in [6.45, 7) is 1.51. The predicted octanol–water partition coefficient (Wildman–Crippen LogP) is 3.96. The summed E-state index contributed by atoms with van der Waals surface area (Å²) in [5.41, 5.74) is 10.6. The molecule has 0 saturated carbocycles. The number of methoxy groups -OCH3 is 2. The summed E-state index contributed by atoms with van der Waals surface area (Å²) < 4.78 is 10.8. The number of anilines is 1. The van der Waals surface area contributed by atoms with Crippen LogP contribution in [0.15, 0.2) is 41.6 Å². The molecule has 1 unspecified atom stereocenters. The van der Waals surface area contributed by atoms with Crippen LogP contribution in [0.2, 0.25) is 0 Å². The van der Waals surface area contributed by atoms with Crippen molar-refractivity contribution in [1.82, 2.24) is 10.3 Å². The van der Waals surface area contributed by atoms with E-state index in [4.69, 9.17) is 15.2 Å². The molecule has 1 aromatic heterocycles. The molecule has 3 N–H and O–H groups in total. The molecule has 0 spiro atoms. The average molecular weight is 509 g/mol. The van der Waals surface area contributed by atoms with Crippen LogP contribution in [-0.2, 0) is 4.79 Å². The molecule has 2 aliphatic carbocycles. The highest BCUT2D eigenvalue weighted by Gasteiger charge is 2.30. The molecule has 146 valence electrons. The van der Waals surface area contributed by atoms with Crippen molar-refractivity contribution in [3.05, 3.63) is 57.8 Å². The number of halogens is 1. The third-order valence-corrected chi connectivity index (χ3v) is 5.42. The number of nitrogens with zero attached hydrogens (tertiary/aromatic N) is 1. The highest BCUT2D eigenvalue weighted by atomic mass is 127. The van der Waals surface area contributed by atoms with E-state index in [0.29, 0.717) is 16.6 Å². The molecular formula is C20H20IN3O3S. The number of thiazole rings is 1. The number of hydrogen-bond donors (Lipinski definition) is 2. The van der Waals surface area contributed by atoms with Crippen LogP contribution in [0.1, 0.15) is 29.0 Å². The standard InChI is InChI=1S/C20H19N3O3S.HI/c1-10(24)22-15-6-12-8-18-19(23-20(21)27-18)14(12)9-13(15)11-4-5-16(25-2)17(7-11)26-3;/h4-9,13H,1-3H3,(H2,21,23)(H,22,24);1H. The molecular weight excluding hydrogens is 489 g/mol. The van der Waals surface area contributed by atoms with Gasteiger partial charge in [-0.05, 0) is 35.4 Å². The highest BCUT2D eigenvalue weighted by molar-refractivity contribution is 14.0. The van der Waals surface area contributed by atoms with Crippen molar-refractivity contribution in [3.8, 4) is 11.5 Å². The van der Waals surface area contributed by atoms with Crippen molar-refractivity contribution in [3.63, 3.8) is 0 Å². The Labute approximate surface area is 184 Å². The zero-order chi connectivity index (χ0) is 19.1. The molecule has 1 atom stereocenters. The van der Waals surface area contributed by atoms with Crippen LogP contribution in [0, 0.1) is 0 Å². The second-order valence-corrected chi connectivity index (χ2v) is 7.38. The van der Waals surface area contributed by atoms with Crippen LogP contribution >= 0.6 is 35.3 Å². The smallest absolute Gasteiger partial charge is 0.221 e. The molecule has 0 fully saturated rings. The van der Waals surface area contributed by atoms with E-state index in [1.165, 1.54) is 18.3 Å². The van der Waals surface area contributed by atoms with E-state index in [9.17, 15) is 4.79 Å². The number of nitrogen functional groups attached to an aromatic ring is 1. The molecule has 8 heteroatoms. The minimum Gasteiger partial charge on any atom is -0.493 e. The van der Waals surface area contributed by atoms with E-state index < -0.39 is 0 Å². The number of nitrogens with two attached hydrogens (primary N) is 1. The van der Waals surface area contributed by atoms with E-state index >= 15 is 0 Å². The molecule has 0 saturated heterocycles. The Morgan fingerprint density at radius 3 is 2.64 bits per heavy atom. The third kappa shape index (κ3) is 3.53. The van der Waals surface area contributed by atoms with Gasteiger partial charge in [0.15, 0.2) is 16.6 Å². The maximum Gasteiger partial charge on any atom is 0.221 e. The number of benzene rings is 1. The summed E-state index contributed by atoms with van der Waals surface area (Å²) in [4.78, 5) is 17.3. The van der Waals surface area contributed by atoms with Crippen LogP contribution in [0.3, 0.4) is 0 Å². The number of aromatic nitrogens is 1. The lowest BCUT2D eigenvalue weighted by molar-refractivity contribution is -0.118. The molecule has 1 heterocycles. The van der Waals surface area contributed by atoms with Crippen LogP contribution < -0.4 is 20.5 Å². The minimum atomic E-state index is -0.144. The van der Waals surface area contributed by atoms with Gasteiger partial charge in [-0.25, -0.2) is 4.98 Å². The minimum absolute atomic E-state index is 0. The van der Waals surface area contributed by atoms with Crippen molar-refractivity contribution >= 4 is 58.0 Å². The SMILES string of the molecule is COc1ccc(C2C=C3C(=Cc4sc(N)nc43)C=C2NC(C)=O)cc1OC.I. The second-order valence-electron chi connectivity index (χ2n) is 6.32. The van der Waals surface area contributed by atoms with Gasteiger partial charge in [-0.1, -0.05) is 23.5 Å². The Balaban J connectivity index is 0.00000225. The number of fused-ring (bicyclic) bond motifs is 3. The quantitative estimate of drug-likeness (QED) is 0.610. The van der Waals surface area contributed by atoms with Crippen molar-refractivity contribution in [2.24, 2.45) is 0 Å². The summed E-state index contributed by atoms with van der Waals surface area (Å²) >= 11 is 1.46. The number of nitrogens with one attached hydrogen (secondary N) is 1. The molecule has 0 radical (unpaired) electrons. The van der Waals surface area contributed by atoms with Crippen LogP contribution in [0.5, 0.6) is 11.5 Å². The molecule has 0 bridgehead atoms. The Morgan fingerprint density at radius 1 is 1.21 bits per heavy atom. The van der Waals surface area contributed by atoms with E-state index in [0.717, 1.165) is 33.0 Å². The van der Waals surface area contributed by atoms with Crippen LogP contribution in [0.4, 0.5) is 5.13 Å². The zero-order valence-electron chi connectivity index (χ0n) is 15.6. The number of amides is 1. The molecule has 4 rings (SSSR count). The summed E-state index contributed by atoms with van der Waals surface area (Å²) in [6.07, 6.45) is 6.17. The van der Waals surface area contributed by atoms with Gasteiger partial charge in [-0.3, -0.25) is 4.79 Å². The summed E-state index contributed by atoms with van der Waals surface area (Å²) in [5.74, 6) is 1.04. The number of hydrogen-bond acceptors (Lipinski definition) is 6. The molecule has 6 nitrogen and oxygen atoms in total. The van der Waals surface area contributed by atoms with E-state index in [1.54, 1.807) is 14.2 Å². The summed E-state index contributed by atoms with van der Waals surface area (Å²) in [7, 11) is 3.21. The molecule has 1 aromatic carbocycles. The van der Waals surface area contributed by atoms with Crippen molar-refractivity contribution in [1.29, 1.82) is 0 Å². The van der Waals surface area contributed by atoms with Gasteiger partial charge in [0.2, 0.25) is 5.91 Å². The van der Waals surface area contributed by atoms with E-state index in [-0.39, 0.29) is 35.8 Å². The maximum absolute atomic E-state index is 11.8. The average Bonchev–Trinajstić information content (AvgIpc) is 3.15.